The van der Waals surface area contributed by atoms with Gasteiger partial charge in [0.2, 0.25) is 0 Å². The summed E-state index contributed by atoms with van der Waals surface area (Å²) < 4.78 is 16.8. The number of carbonyl (C=O) groups excluding carboxylic acids is 1. The van der Waals surface area contributed by atoms with Gasteiger partial charge in [-0.15, -0.1) is 0 Å². The van der Waals surface area contributed by atoms with Crippen molar-refractivity contribution in [2.45, 2.75) is 70.5 Å². The molecule has 1 atom stereocenters. The van der Waals surface area contributed by atoms with Crippen molar-refractivity contribution < 1.29 is 18.7 Å². The van der Waals surface area contributed by atoms with E-state index in [1.54, 1.807) is 13.0 Å². The molecule has 138 valence electrons. The van der Waals surface area contributed by atoms with Crippen LogP contribution in [0.3, 0.4) is 0 Å². The Balaban J connectivity index is 1.49. The standard InChI is InChI=1S/C21H24O5/c1-13(20(22)25-14-6-3-2-4-7-14)24-15-10-11-17-16-8-5-9-18(16)21(23)26-19(17)12-15/h10-14H,2-9H2,1H3/t13-/m0/s1. The molecule has 1 fully saturated rings. The first-order valence-corrected chi connectivity index (χ1v) is 9.57. The van der Waals surface area contributed by atoms with E-state index in [-0.39, 0.29) is 17.7 Å². The summed E-state index contributed by atoms with van der Waals surface area (Å²) in [6, 6.07) is 5.43. The molecule has 2 aliphatic carbocycles. The number of benzene rings is 1. The van der Waals surface area contributed by atoms with Crippen LogP contribution in [0, 0.1) is 0 Å². The molecule has 0 aliphatic heterocycles. The topological polar surface area (TPSA) is 65.7 Å². The number of ether oxygens (including phenoxy) is 2. The third-order valence-corrected chi connectivity index (χ3v) is 5.42. The molecule has 2 aliphatic rings. The average molecular weight is 356 g/mol. The number of rotatable bonds is 4. The first-order chi connectivity index (χ1) is 12.6. The van der Waals surface area contributed by atoms with Crippen LogP contribution in [0.15, 0.2) is 27.4 Å². The second kappa shape index (κ2) is 7.14. The third-order valence-electron chi connectivity index (χ3n) is 5.42. The third kappa shape index (κ3) is 3.35. The highest BCUT2D eigenvalue weighted by Crippen LogP contribution is 2.30. The molecule has 0 radical (unpaired) electrons. The molecular weight excluding hydrogens is 332 g/mol. The summed E-state index contributed by atoms with van der Waals surface area (Å²) >= 11 is 0. The lowest BCUT2D eigenvalue weighted by atomic mass is 9.98. The Hall–Kier alpha value is -2.30. The Bertz CT molecular complexity index is 876. The molecule has 4 rings (SSSR count). The van der Waals surface area contributed by atoms with Crippen LogP contribution in [-0.4, -0.2) is 18.2 Å². The van der Waals surface area contributed by atoms with E-state index >= 15 is 0 Å². The number of carbonyl (C=O) groups is 1. The largest absolute Gasteiger partial charge is 0.479 e. The summed E-state index contributed by atoms with van der Waals surface area (Å²) in [4.78, 5) is 24.4. The van der Waals surface area contributed by atoms with Gasteiger partial charge in [-0.25, -0.2) is 9.59 Å². The summed E-state index contributed by atoms with van der Waals surface area (Å²) in [6.45, 7) is 1.69. The van der Waals surface area contributed by atoms with Gasteiger partial charge in [0.25, 0.3) is 0 Å². The number of aryl methyl sites for hydroxylation is 1. The quantitative estimate of drug-likeness (QED) is 0.613. The van der Waals surface area contributed by atoms with Gasteiger partial charge in [-0.1, -0.05) is 6.42 Å². The lowest BCUT2D eigenvalue weighted by Gasteiger charge is -2.23. The van der Waals surface area contributed by atoms with E-state index in [1.165, 1.54) is 6.42 Å². The maximum absolute atomic E-state index is 12.3. The van der Waals surface area contributed by atoms with E-state index in [9.17, 15) is 9.59 Å². The monoisotopic (exact) mass is 356 g/mol. The normalized spacial score (nSPS) is 18.5. The number of hydrogen-bond donors (Lipinski definition) is 0. The van der Waals surface area contributed by atoms with Crippen LogP contribution in [0.4, 0.5) is 0 Å². The fraction of sp³-hybridized carbons (Fsp3) is 0.524. The van der Waals surface area contributed by atoms with Gasteiger partial charge >= 0.3 is 11.6 Å². The Labute approximate surface area is 152 Å². The van der Waals surface area contributed by atoms with Gasteiger partial charge in [0, 0.05) is 17.0 Å². The summed E-state index contributed by atoms with van der Waals surface area (Å²) in [5, 5.41) is 0.960. The highest BCUT2D eigenvalue weighted by molar-refractivity contribution is 5.83. The number of esters is 1. The molecule has 0 amide bonds. The SMILES string of the molecule is C[C@H](Oc1ccc2c3c(c(=O)oc2c1)CCC3)C(=O)OC1CCCCC1. The highest BCUT2D eigenvalue weighted by Gasteiger charge is 2.24. The van der Waals surface area contributed by atoms with Gasteiger partial charge in [-0.2, -0.15) is 0 Å². The van der Waals surface area contributed by atoms with E-state index in [4.69, 9.17) is 13.9 Å². The molecule has 1 saturated carbocycles. The van der Waals surface area contributed by atoms with E-state index in [0.717, 1.165) is 61.5 Å². The molecule has 0 saturated heterocycles. The van der Waals surface area contributed by atoms with Crippen molar-refractivity contribution in [3.05, 3.63) is 39.7 Å². The second-order valence-electron chi connectivity index (χ2n) is 7.32. The van der Waals surface area contributed by atoms with Gasteiger partial charge in [-0.3, -0.25) is 0 Å². The van der Waals surface area contributed by atoms with Gasteiger partial charge in [0.1, 0.15) is 17.4 Å². The molecule has 1 heterocycles. The first kappa shape index (κ1) is 17.1. The summed E-state index contributed by atoms with van der Waals surface area (Å²) in [7, 11) is 0. The van der Waals surface area contributed by atoms with Gasteiger partial charge in [0.15, 0.2) is 6.10 Å². The zero-order valence-electron chi connectivity index (χ0n) is 15.1. The average Bonchev–Trinajstić information content (AvgIpc) is 3.13. The Morgan fingerprint density at radius 1 is 1.12 bits per heavy atom. The minimum absolute atomic E-state index is 0.0134. The van der Waals surface area contributed by atoms with E-state index in [2.05, 4.69) is 0 Å². The molecule has 0 bridgehead atoms. The van der Waals surface area contributed by atoms with Crippen molar-refractivity contribution in [2.24, 2.45) is 0 Å². The fourth-order valence-corrected chi connectivity index (χ4v) is 4.03. The smallest absolute Gasteiger partial charge is 0.347 e. The van der Waals surface area contributed by atoms with Crippen molar-refractivity contribution in [3.63, 3.8) is 0 Å². The minimum Gasteiger partial charge on any atom is -0.479 e. The molecule has 2 aromatic rings. The highest BCUT2D eigenvalue weighted by atomic mass is 16.6. The van der Waals surface area contributed by atoms with Crippen LogP contribution in [0.2, 0.25) is 0 Å². The van der Waals surface area contributed by atoms with Crippen molar-refractivity contribution in [1.82, 2.24) is 0 Å². The van der Waals surface area contributed by atoms with Gasteiger partial charge < -0.3 is 13.9 Å². The molecule has 1 aromatic carbocycles. The Kier molecular flexibility index (Phi) is 4.70. The van der Waals surface area contributed by atoms with Crippen LogP contribution < -0.4 is 10.4 Å². The minimum atomic E-state index is -0.699. The Morgan fingerprint density at radius 2 is 1.88 bits per heavy atom. The lowest BCUT2D eigenvalue weighted by Crippen LogP contribution is -2.31. The zero-order valence-corrected chi connectivity index (χ0v) is 15.1. The molecule has 5 nitrogen and oxygen atoms in total. The summed E-state index contributed by atoms with van der Waals surface area (Å²) in [5.41, 5.74) is 2.15. The van der Waals surface area contributed by atoms with Crippen molar-refractivity contribution in [2.75, 3.05) is 0 Å². The van der Waals surface area contributed by atoms with Crippen molar-refractivity contribution >= 4 is 16.9 Å². The van der Waals surface area contributed by atoms with Crippen molar-refractivity contribution in [3.8, 4) is 5.75 Å². The van der Waals surface area contributed by atoms with Gasteiger partial charge in [0.05, 0.1) is 0 Å². The fourth-order valence-electron chi connectivity index (χ4n) is 4.03. The summed E-state index contributed by atoms with van der Waals surface area (Å²) in [5.74, 6) is 0.166. The maximum atomic E-state index is 12.3. The van der Waals surface area contributed by atoms with Gasteiger partial charge in [-0.05, 0) is 69.6 Å². The molecule has 5 heteroatoms. The Morgan fingerprint density at radius 3 is 2.69 bits per heavy atom. The van der Waals surface area contributed by atoms with E-state index in [0.29, 0.717) is 11.3 Å². The second-order valence-corrected chi connectivity index (χ2v) is 7.32. The summed E-state index contributed by atoms with van der Waals surface area (Å²) in [6.07, 6.45) is 7.30. The predicted octanol–water partition coefficient (Wildman–Crippen LogP) is 3.92. The molecule has 1 aromatic heterocycles. The van der Waals surface area contributed by atoms with Crippen LogP contribution in [-0.2, 0) is 22.4 Å². The lowest BCUT2D eigenvalue weighted by molar-refractivity contribution is -0.158. The van der Waals surface area contributed by atoms with E-state index in [1.807, 2.05) is 12.1 Å². The maximum Gasteiger partial charge on any atom is 0.347 e. The zero-order chi connectivity index (χ0) is 18.1. The van der Waals surface area contributed by atoms with Crippen LogP contribution in [0.25, 0.3) is 11.0 Å². The molecule has 26 heavy (non-hydrogen) atoms. The van der Waals surface area contributed by atoms with Crippen LogP contribution in [0.5, 0.6) is 5.75 Å². The molecule has 0 unspecified atom stereocenters. The van der Waals surface area contributed by atoms with Crippen LogP contribution in [0.1, 0.15) is 56.6 Å². The van der Waals surface area contributed by atoms with Crippen molar-refractivity contribution in [1.29, 1.82) is 0 Å². The number of fused-ring (bicyclic) bond motifs is 3. The molecule has 0 spiro atoms. The number of hydrogen-bond acceptors (Lipinski definition) is 5. The van der Waals surface area contributed by atoms with Crippen LogP contribution >= 0.6 is 0 Å². The first-order valence-electron chi connectivity index (χ1n) is 9.57. The molecule has 0 N–H and O–H groups in total. The predicted molar refractivity (Wildman–Crippen MR) is 97.6 cm³/mol. The van der Waals surface area contributed by atoms with E-state index < -0.39 is 6.10 Å². The molecular formula is C21H24O5.